The summed E-state index contributed by atoms with van der Waals surface area (Å²) in [5, 5.41) is 0. The molecule has 0 bridgehead atoms. The van der Waals surface area contributed by atoms with Gasteiger partial charge in [-0.05, 0) is 19.1 Å². The average Bonchev–Trinajstić information content (AvgIpc) is 2.31. The minimum absolute atomic E-state index is 0.165. The summed E-state index contributed by atoms with van der Waals surface area (Å²) in [5.41, 5.74) is 11.3. The van der Waals surface area contributed by atoms with E-state index in [4.69, 9.17) is 20.9 Å². The van der Waals surface area contributed by atoms with Gasteiger partial charge in [-0.2, -0.15) is 0 Å². The van der Waals surface area contributed by atoms with Crippen LogP contribution in [0.3, 0.4) is 0 Å². The molecule has 1 aromatic carbocycles. The molecule has 0 radical (unpaired) electrons. The van der Waals surface area contributed by atoms with Gasteiger partial charge in [0.1, 0.15) is 0 Å². The normalized spacial score (nSPS) is 11.9. The van der Waals surface area contributed by atoms with E-state index < -0.39 is 6.23 Å². The molecule has 0 saturated heterocycles. The maximum Gasteiger partial charge on any atom is 0.174 e. The number of carbonyl (C=O) groups excluding carboxylic acids is 1. The first kappa shape index (κ1) is 12.5. The van der Waals surface area contributed by atoms with Crippen LogP contribution in [0.2, 0.25) is 0 Å². The first-order valence-electron chi connectivity index (χ1n) is 5.06. The van der Waals surface area contributed by atoms with Crippen molar-refractivity contribution >= 4 is 6.29 Å². The van der Waals surface area contributed by atoms with Crippen LogP contribution in [-0.2, 0) is 0 Å². The van der Waals surface area contributed by atoms with Crippen LogP contribution in [0.25, 0.3) is 0 Å². The Kier molecular flexibility index (Phi) is 4.75. The summed E-state index contributed by atoms with van der Waals surface area (Å²) in [4.78, 5) is 10.8. The predicted octanol–water partition coefficient (Wildman–Crippen LogP) is 0.520. The average molecular weight is 224 g/mol. The van der Waals surface area contributed by atoms with Gasteiger partial charge in [0.25, 0.3) is 0 Å². The highest BCUT2D eigenvalue weighted by Gasteiger charge is 2.13. The van der Waals surface area contributed by atoms with Gasteiger partial charge < -0.3 is 15.2 Å². The molecule has 1 rings (SSSR count). The summed E-state index contributed by atoms with van der Waals surface area (Å²) in [7, 11) is 0. The summed E-state index contributed by atoms with van der Waals surface area (Å²) in [5.74, 6) is 0.841. The lowest BCUT2D eigenvalue weighted by Crippen LogP contribution is -2.35. The first-order chi connectivity index (χ1) is 7.72. The van der Waals surface area contributed by atoms with Crippen LogP contribution in [0.15, 0.2) is 18.2 Å². The topological polar surface area (TPSA) is 87.6 Å². The monoisotopic (exact) mass is 224 g/mol. The Hall–Kier alpha value is -1.59. The SMILES string of the molecule is CCOc1cccc(C=O)c1OC(N)CN. The van der Waals surface area contributed by atoms with Crippen LogP contribution in [0.4, 0.5) is 0 Å². The molecule has 5 heteroatoms. The van der Waals surface area contributed by atoms with Gasteiger partial charge in [0.05, 0.1) is 12.2 Å². The summed E-state index contributed by atoms with van der Waals surface area (Å²) >= 11 is 0. The summed E-state index contributed by atoms with van der Waals surface area (Å²) < 4.78 is 10.7. The van der Waals surface area contributed by atoms with E-state index in [1.165, 1.54) is 0 Å². The molecule has 0 heterocycles. The van der Waals surface area contributed by atoms with Crippen molar-refractivity contribution in [3.63, 3.8) is 0 Å². The van der Waals surface area contributed by atoms with Gasteiger partial charge >= 0.3 is 0 Å². The Morgan fingerprint density at radius 3 is 2.81 bits per heavy atom. The van der Waals surface area contributed by atoms with E-state index >= 15 is 0 Å². The van der Waals surface area contributed by atoms with Gasteiger partial charge in [-0.3, -0.25) is 10.5 Å². The quantitative estimate of drug-likeness (QED) is 0.543. The van der Waals surface area contributed by atoms with E-state index in [1.54, 1.807) is 18.2 Å². The van der Waals surface area contributed by atoms with E-state index in [-0.39, 0.29) is 6.54 Å². The van der Waals surface area contributed by atoms with Crippen LogP contribution in [0.5, 0.6) is 11.5 Å². The molecule has 0 aliphatic rings. The zero-order chi connectivity index (χ0) is 12.0. The number of ether oxygens (including phenoxy) is 2. The van der Waals surface area contributed by atoms with E-state index in [0.717, 1.165) is 0 Å². The zero-order valence-corrected chi connectivity index (χ0v) is 9.18. The van der Waals surface area contributed by atoms with Crippen molar-refractivity contribution in [2.75, 3.05) is 13.2 Å². The van der Waals surface area contributed by atoms with Gasteiger partial charge in [-0.15, -0.1) is 0 Å². The van der Waals surface area contributed by atoms with Crippen molar-refractivity contribution in [3.8, 4) is 11.5 Å². The number of hydrogen-bond acceptors (Lipinski definition) is 5. The van der Waals surface area contributed by atoms with E-state index in [9.17, 15) is 4.79 Å². The molecule has 0 amide bonds. The molecule has 88 valence electrons. The summed E-state index contributed by atoms with van der Waals surface area (Å²) in [6.45, 7) is 2.50. The van der Waals surface area contributed by atoms with Crippen molar-refractivity contribution in [1.29, 1.82) is 0 Å². The van der Waals surface area contributed by atoms with Gasteiger partial charge in [0, 0.05) is 6.54 Å². The molecule has 4 N–H and O–H groups in total. The van der Waals surface area contributed by atoms with Crippen molar-refractivity contribution in [2.24, 2.45) is 11.5 Å². The Morgan fingerprint density at radius 1 is 1.50 bits per heavy atom. The van der Waals surface area contributed by atoms with Gasteiger partial charge in [-0.1, -0.05) is 6.07 Å². The number of aldehydes is 1. The second kappa shape index (κ2) is 6.09. The third-order valence-electron chi connectivity index (χ3n) is 1.94. The van der Waals surface area contributed by atoms with Crippen molar-refractivity contribution in [1.82, 2.24) is 0 Å². The second-order valence-electron chi connectivity index (χ2n) is 3.12. The molecule has 0 aliphatic carbocycles. The van der Waals surface area contributed by atoms with Gasteiger partial charge in [-0.25, -0.2) is 0 Å². The first-order valence-corrected chi connectivity index (χ1v) is 5.06. The standard InChI is InChI=1S/C11H16N2O3/c1-2-15-9-5-3-4-8(7-14)11(9)16-10(13)6-12/h3-5,7,10H,2,6,12-13H2,1H3. The molecular formula is C11H16N2O3. The number of hydrogen-bond donors (Lipinski definition) is 2. The third-order valence-corrected chi connectivity index (χ3v) is 1.94. The van der Waals surface area contributed by atoms with Crippen molar-refractivity contribution in [2.45, 2.75) is 13.2 Å². The maximum absolute atomic E-state index is 10.8. The molecule has 16 heavy (non-hydrogen) atoms. The number of para-hydroxylation sites is 1. The van der Waals surface area contributed by atoms with Gasteiger partial charge in [0.2, 0.25) is 0 Å². The molecular weight excluding hydrogens is 208 g/mol. The van der Waals surface area contributed by atoms with Crippen LogP contribution in [-0.4, -0.2) is 25.7 Å². The minimum atomic E-state index is -0.652. The Balaban J connectivity index is 3.03. The fraction of sp³-hybridized carbons (Fsp3) is 0.364. The molecule has 1 unspecified atom stereocenters. The highest BCUT2D eigenvalue weighted by Crippen LogP contribution is 2.30. The molecule has 1 atom stereocenters. The summed E-state index contributed by atoms with van der Waals surface area (Å²) in [6.07, 6.45) is 0.0430. The molecule has 0 fully saturated rings. The van der Waals surface area contributed by atoms with Gasteiger partial charge in [0.15, 0.2) is 24.0 Å². The van der Waals surface area contributed by atoms with Crippen LogP contribution in [0, 0.1) is 0 Å². The molecule has 0 aromatic heterocycles. The fourth-order valence-corrected chi connectivity index (χ4v) is 1.22. The van der Waals surface area contributed by atoms with E-state index in [2.05, 4.69) is 0 Å². The molecule has 0 spiro atoms. The number of carbonyl (C=O) groups is 1. The molecule has 5 nitrogen and oxygen atoms in total. The van der Waals surface area contributed by atoms with Crippen molar-refractivity contribution < 1.29 is 14.3 Å². The Morgan fingerprint density at radius 2 is 2.25 bits per heavy atom. The third kappa shape index (κ3) is 2.95. The highest BCUT2D eigenvalue weighted by molar-refractivity contribution is 5.81. The predicted molar refractivity (Wildman–Crippen MR) is 60.7 cm³/mol. The maximum atomic E-state index is 10.8. The highest BCUT2D eigenvalue weighted by atomic mass is 16.5. The summed E-state index contributed by atoms with van der Waals surface area (Å²) in [6, 6.07) is 5.07. The number of nitrogens with two attached hydrogens (primary N) is 2. The Bertz CT molecular complexity index is 355. The fourth-order valence-electron chi connectivity index (χ4n) is 1.22. The smallest absolute Gasteiger partial charge is 0.174 e. The van der Waals surface area contributed by atoms with Crippen LogP contribution in [0.1, 0.15) is 17.3 Å². The zero-order valence-electron chi connectivity index (χ0n) is 9.18. The number of rotatable bonds is 6. The number of benzene rings is 1. The lowest BCUT2D eigenvalue weighted by Gasteiger charge is -2.17. The molecule has 1 aromatic rings. The second-order valence-corrected chi connectivity index (χ2v) is 3.12. The van der Waals surface area contributed by atoms with E-state index in [0.29, 0.717) is 30.0 Å². The lowest BCUT2D eigenvalue weighted by atomic mass is 10.2. The molecule has 0 aliphatic heterocycles. The Labute approximate surface area is 94.3 Å². The largest absolute Gasteiger partial charge is 0.490 e. The van der Waals surface area contributed by atoms with E-state index in [1.807, 2.05) is 6.92 Å². The van der Waals surface area contributed by atoms with Crippen LogP contribution >= 0.6 is 0 Å². The minimum Gasteiger partial charge on any atom is -0.490 e. The molecule has 0 saturated carbocycles. The van der Waals surface area contributed by atoms with Crippen molar-refractivity contribution in [3.05, 3.63) is 23.8 Å². The van der Waals surface area contributed by atoms with Crippen LogP contribution < -0.4 is 20.9 Å². The lowest BCUT2D eigenvalue weighted by molar-refractivity contribution is 0.111.